The number of nitrogens with one attached hydrogen (secondary N) is 1. The van der Waals surface area contributed by atoms with Crippen LogP contribution < -0.4 is 4.72 Å². The molecular weight excluding hydrogens is 288 g/mol. The molecule has 0 aliphatic carbocycles. The number of nitrogens with zero attached hydrogens (tertiary/aromatic N) is 1. The predicted octanol–water partition coefficient (Wildman–Crippen LogP) is 0.697. The van der Waals surface area contributed by atoms with Crippen LogP contribution in [-0.4, -0.2) is 49.1 Å². The number of carbonyl (C=O) groups excluding carboxylic acids is 1. The van der Waals surface area contributed by atoms with Gasteiger partial charge in [-0.25, -0.2) is 9.52 Å². The Bertz CT molecular complexity index is 450. The summed E-state index contributed by atoms with van der Waals surface area (Å²) in [5, 5.41) is 8.69. The van der Waals surface area contributed by atoms with Gasteiger partial charge in [-0.05, 0) is 26.2 Å². The molecule has 1 fully saturated rings. The van der Waals surface area contributed by atoms with Gasteiger partial charge in [-0.15, -0.1) is 0 Å². The van der Waals surface area contributed by atoms with E-state index in [0.717, 1.165) is 10.7 Å². The van der Waals surface area contributed by atoms with Gasteiger partial charge in [-0.3, -0.25) is 4.79 Å². The summed E-state index contributed by atoms with van der Waals surface area (Å²) >= 11 is 0. The van der Waals surface area contributed by atoms with Crippen LogP contribution in [0.3, 0.4) is 0 Å². The molecule has 0 bridgehead atoms. The lowest BCUT2D eigenvalue weighted by Gasteiger charge is -2.34. The van der Waals surface area contributed by atoms with E-state index in [2.05, 4.69) is 4.74 Å². The molecule has 0 spiro atoms. The molecule has 0 aromatic rings. The van der Waals surface area contributed by atoms with Crippen LogP contribution in [0.1, 0.15) is 39.0 Å². The van der Waals surface area contributed by atoms with E-state index in [-0.39, 0.29) is 26.0 Å². The molecule has 1 aliphatic rings. The van der Waals surface area contributed by atoms with Gasteiger partial charge in [0.1, 0.15) is 0 Å². The van der Waals surface area contributed by atoms with E-state index in [1.165, 1.54) is 0 Å². The van der Waals surface area contributed by atoms with E-state index in [1.807, 2.05) is 4.72 Å². The van der Waals surface area contributed by atoms with Gasteiger partial charge in [-0.1, -0.05) is 6.42 Å². The zero-order valence-corrected chi connectivity index (χ0v) is 12.2. The molecule has 1 atom stereocenters. The number of hydrogen-bond acceptors (Lipinski definition) is 5. The molecule has 0 radical (unpaired) electrons. The molecule has 1 heterocycles. The van der Waals surface area contributed by atoms with Gasteiger partial charge in [0.05, 0.1) is 6.61 Å². The largest absolute Gasteiger partial charge is 0.481 e. The molecule has 0 aromatic heterocycles. The number of carboxylic acid groups (broad SMARTS) is 1. The highest BCUT2D eigenvalue weighted by molar-refractivity contribution is 7.87. The topological polar surface area (TPSA) is 113 Å². The Morgan fingerprint density at radius 2 is 2.10 bits per heavy atom. The molecule has 1 amide bonds. The van der Waals surface area contributed by atoms with Crippen molar-refractivity contribution in [1.29, 1.82) is 0 Å². The van der Waals surface area contributed by atoms with Gasteiger partial charge in [0.15, 0.2) is 0 Å². The van der Waals surface area contributed by atoms with Crippen molar-refractivity contribution in [3.05, 3.63) is 0 Å². The van der Waals surface area contributed by atoms with Crippen LogP contribution in [0, 0.1) is 0 Å². The molecular formula is C11H20N2O6S. The van der Waals surface area contributed by atoms with Crippen LogP contribution >= 0.6 is 0 Å². The van der Waals surface area contributed by atoms with Crippen LogP contribution in [0.25, 0.3) is 0 Å². The monoisotopic (exact) mass is 308 g/mol. The van der Waals surface area contributed by atoms with Gasteiger partial charge >= 0.3 is 22.3 Å². The number of amides is 1. The minimum absolute atomic E-state index is 0.0732. The maximum absolute atomic E-state index is 12.1. The van der Waals surface area contributed by atoms with Crippen molar-refractivity contribution in [3.63, 3.8) is 0 Å². The molecule has 1 rings (SSSR count). The van der Waals surface area contributed by atoms with Gasteiger partial charge in [0, 0.05) is 19.0 Å². The fourth-order valence-electron chi connectivity index (χ4n) is 2.19. The first-order valence-corrected chi connectivity index (χ1v) is 7.99. The third-order valence-corrected chi connectivity index (χ3v) is 4.58. The highest BCUT2D eigenvalue weighted by Gasteiger charge is 2.33. The van der Waals surface area contributed by atoms with Crippen molar-refractivity contribution < 1.29 is 27.9 Å². The number of carboxylic acids is 1. The quantitative estimate of drug-likeness (QED) is 0.746. The van der Waals surface area contributed by atoms with Gasteiger partial charge < -0.3 is 9.84 Å². The van der Waals surface area contributed by atoms with Crippen LogP contribution in [0.2, 0.25) is 0 Å². The number of aliphatic carboxylic acids is 1. The van der Waals surface area contributed by atoms with Crippen LogP contribution in [0.4, 0.5) is 4.79 Å². The molecule has 2 N–H and O–H groups in total. The van der Waals surface area contributed by atoms with Crippen molar-refractivity contribution in [1.82, 2.24) is 9.03 Å². The normalized spacial score (nSPS) is 20.4. The van der Waals surface area contributed by atoms with E-state index in [4.69, 9.17) is 5.11 Å². The van der Waals surface area contributed by atoms with Crippen molar-refractivity contribution in [2.75, 3.05) is 13.2 Å². The molecule has 8 nitrogen and oxygen atoms in total. The second-order valence-electron chi connectivity index (χ2n) is 4.52. The maximum atomic E-state index is 12.1. The maximum Gasteiger partial charge on any atom is 0.421 e. The number of carbonyl (C=O) groups is 2. The Labute approximate surface area is 118 Å². The summed E-state index contributed by atoms with van der Waals surface area (Å²) < 4.78 is 31.7. The molecule has 1 saturated heterocycles. The van der Waals surface area contributed by atoms with Gasteiger partial charge in [0.25, 0.3) is 0 Å². The Kier molecular flexibility index (Phi) is 6.21. The first-order chi connectivity index (χ1) is 9.36. The summed E-state index contributed by atoms with van der Waals surface area (Å²) in [6.07, 6.45) is 1.24. The second kappa shape index (κ2) is 7.44. The fourth-order valence-corrected chi connectivity index (χ4v) is 3.55. The zero-order chi connectivity index (χ0) is 15.2. The Balaban J connectivity index is 2.72. The lowest BCUT2D eigenvalue weighted by atomic mass is 10.0. The van der Waals surface area contributed by atoms with Crippen LogP contribution in [0.15, 0.2) is 0 Å². The van der Waals surface area contributed by atoms with Crippen molar-refractivity contribution in [2.24, 2.45) is 0 Å². The lowest BCUT2D eigenvalue weighted by molar-refractivity contribution is -0.137. The molecule has 1 aliphatic heterocycles. The summed E-state index contributed by atoms with van der Waals surface area (Å²) in [6.45, 7) is 1.92. The lowest BCUT2D eigenvalue weighted by Crippen LogP contribution is -2.50. The third kappa shape index (κ3) is 4.97. The minimum atomic E-state index is -3.99. The highest BCUT2D eigenvalue weighted by Crippen LogP contribution is 2.23. The van der Waals surface area contributed by atoms with E-state index >= 15 is 0 Å². The summed E-state index contributed by atoms with van der Waals surface area (Å²) in [5.74, 6) is -0.966. The summed E-state index contributed by atoms with van der Waals surface area (Å²) in [7, 11) is -3.99. The van der Waals surface area contributed by atoms with Crippen LogP contribution in [-0.2, 0) is 19.7 Å². The Hall–Kier alpha value is -1.35. The first-order valence-electron chi connectivity index (χ1n) is 6.55. The van der Waals surface area contributed by atoms with E-state index in [0.29, 0.717) is 12.8 Å². The summed E-state index contributed by atoms with van der Waals surface area (Å²) in [4.78, 5) is 21.8. The van der Waals surface area contributed by atoms with Crippen LogP contribution in [0.5, 0.6) is 0 Å². The third-order valence-electron chi connectivity index (χ3n) is 3.06. The fraction of sp³-hybridized carbons (Fsp3) is 0.818. The first kappa shape index (κ1) is 16.7. The highest BCUT2D eigenvalue weighted by atomic mass is 32.2. The smallest absolute Gasteiger partial charge is 0.421 e. The molecule has 0 saturated carbocycles. The second-order valence-corrected chi connectivity index (χ2v) is 6.14. The van der Waals surface area contributed by atoms with Crippen molar-refractivity contribution in [3.8, 4) is 0 Å². The number of hydrogen-bond donors (Lipinski definition) is 2. The van der Waals surface area contributed by atoms with Gasteiger partial charge in [-0.2, -0.15) is 12.7 Å². The molecule has 20 heavy (non-hydrogen) atoms. The molecule has 9 heteroatoms. The summed E-state index contributed by atoms with van der Waals surface area (Å²) in [5.41, 5.74) is 0. The number of piperidine rings is 1. The number of rotatable bonds is 6. The zero-order valence-electron chi connectivity index (χ0n) is 11.4. The minimum Gasteiger partial charge on any atom is -0.481 e. The molecule has 0 aromatic carbocycles. The van der Waals surface area contributed by atoms with Crippen molar-refractivity contribution >= 4 is 22.3 Å². The van der Waals surface area contributed by atoms with Gasteiger partial charge in [0.2, 0.25) is 0 Å². The average molecular weight is 308 g/mol. The average Bonchev–Trinajstić information content (AvgIpc) is 2.36. The van der Waals surface area contributed by atoms with E-state index < -0.39 is 28.3 Å². The molecule has 1 unspecified atom stereocenters. The standard InChI is InChI=1S/C11H20N2O6S/c1-2-19-11(16)12-20(17,18)13-8-4-3-5-9(13)6-7-10(14)15/h9H,2-8H2,1H3,(H,12,16)(H,14,15). The predicted molar refractivity (Wildman–Crippen MR) is 70.3 cm³/mol. The van der Waals surface area contributed by atoms with Crippen molar-refractivity contribution in [2.45, 2.75) is 45.1 Å². The van der Waals surface area contributed by atoms with E-state index in [1.54, 1.807) is 6.92 Å². The SMILES string of the molecule is CCOC(=O)NS(=O)(=O)N1CCCCC1CCC(=O)O. The number of ether oxygens (including phenoxy) is 1. The summed E-state index contributed by atoms with van der Waals surface area (Å²) in [6, 6.07) is -0.397. The Morgan fingerprint density at radius 1 is 1.40 bits per heavy atom. The Morgan fingerprint density at radius 3 is 2.70 bits per heavy atom. The molecule has 116 valence electrons. The van der Waals surface area contributed by atoms with E-state index in [9.17, 15) is 18.0 Å².